The number of likely N-dealkylation sites (tertiary alicyclic amines) is 1. The lowest BCUT2D eigenvalue weighted by Gasteiger charge is -2.62. The lowest BCUT2D eigenvalue weighted by atomic mass is 9.50. The first-order chi connectivity index (χ1) is 13.0. The number of nitrogens with zero attached hydrogens (tertiary/aromatic N) is 1. The Morgan fingerprint density at radius 1 is 1.15 bits per heavy atom. The van der Waals surface area contributed by atoms with E-state index in [-0.39, 0.29) is 17.3 Å². The van der Waals surface area contributed by atoms with Gasteiger partial charge in [0, 0.05) is 44.8 Å². The minimum atomic E-state index is -0.824. The van der Waals surface area contributed by atoms with Crippen molar-refractivity contribution in [2.45, 2.75) is 49.0 Å². The lowest BCUT2D eigenvalue weighted by Crippen LogP contribution is -2.67. The van der Waals surface area contributed by atoms with E-state index in [4.69, 9.17) is 18.9 Å². The van der Waals surface area contributed by atoms with E-state index in [0.717, 1.165) is 31.4 Å². The van der Waals surface area contributed by atoms with Gasteiger partial charge in [0.1, 0.15) is 6.10 Å². The molecule has 27 heavy (non-hydrogen) atoms. The maximum absolute atomic E-state index is 11.1. The second-order valence-corrected chi connectivity index (χ2v) is 8.27. The quantitative estimate of drug-likeness (QED) is 0.813. The Hall–Kier alpha value is -1.34. The van der Waals surface area contributed by atoms with E-state index >= 15 is 0 Å². The Morgan fingerprint density at radius 2 is 1.89 bits per heavy atom. The summed E-state index contributed by atoms with van der Waals surface area (Å²) in [6, 6.07) is 4.41. The van der Waals surface area contributed by atoms with Gasteiger partial charge in [0.2, 0.25) is 0 Å². The third kappa shape index (κ3) is 2.47. The second-order valence-electron chi connectivity index (χ2n) is 8.27. The Morgan fingerprint density at radius 3 is 2.52 bits per heavy atom. The number of rotatable bonds is 4. The van der Waals surface area contributed by atoms with Crippen molar-refractivity contribution >= 4 is 0 Å². The van der Waals surface area contributed by atoms with Crippen molar-refractivity contribution in [1.82, 2.24) is 4.90 Å². The molecule has 2 fully saturated rings. The van der Waals surface area contributed by atoms with Crippen molar-refractivity contribution < 1.29 is 24.1 Å². The van der Waals surface area contributed by atoms with Gasteiger partial charge in [-0.05, 0) is 50.4 Å². The number of aromatic hydroxyl groups is 1. The molecule has 1 N–H and O–H groups in total. The number of phenolic OH excluding ortho intramolecular Hbond substituents is 1. The molecule has 0 amide bonds. The Labute approximate surface area is 161 Å². The third-order valence-corrected chi connectivity index (χ3v) is 7.52. The smallest absolute Gasteiger partial charge is 0.194 e. The van der Waals surface area contributed by atoms with Crippen molar-refractivity contribution in [3.63, 3.8) is 0 Å². The molecule has 150 valence electrons. The van der Waals surface area contributed by atoms with Crippen LogP contribution in [0.5, 0.6) is 11.5 Å². The summed E-state index contributed by atoms with van der Waals surface area (Å²) in [5.74, 6) is 0.356. The zero-order valence-electron chi connectivity index (χ0n) is 16.9. The molecule has 1 aromatic carbocycles. The summed E-state index contributed by atoms with van der Waals surface area (Å²) in [5.41, 5.74) is 2.02. The van der Waals surface area contributed by atoms with Crippen molar-refractivity contribution in [1.29, 1.82) is 0 Å². The SMILES string of the molecule is COc1ccc2c(c1O)[C@@]13CCN(C)C(C2)C1CC(OC)C(OC)(OC)C3. The maximum Gasteiger partial charge on any atom is 0.194 e. The molecule has 0 aromatic heterocycles. The molecule has 1 aliphatic heterocycles. The van der Waals surface area contributed by atoms with Crippen LogP contribution >= 0.6 is 0 Å². The molecule has 2 aliphatic carbocycles. The van der Waals surface area contributed by atoms with E-state index in [1.165, 1.54) is 5.56 Å². The van der Waals surface area contributed by atoms with Gasteiger partial charge in [0.25, 0.3) is 0 Å². The number of likely N-dealkylation sites (N-methyl/N-ethyl adjacent to an activating group) is 1. The first-order valence-electron chi connectivity index (χ1n) is 9.69. The summed E-state index contributed by atoms with van der Waals surface area (Å²) in [7, 11) is 8.92. The maximum atomic E-state index is 11.1. The predicted octanol–water partition coefficient (Wildman–Crippen LogP) is 2.31. The number of benzene rings is 1. The van der Waals surface area contributed by atoms with Crippen LogP contribution in [0, 0.1) is 5.92 Å². The molecule has 4 atom stereocenters. The molecule has 1 aromatic rings. The van der Waals surface area contributed by atoms with Gasteiger partial charge in [0.15, 0.2) is 17.3 Å². The standard InChI is InChI=1S/C21H31NO5/c1-22-9-8-20-12-21(26-4,27-5)17(25-3)11-14(20)15(22)10-13-6-7-16(24-2)19(23)18(13)20/h6-7,14-15,17,23H,8-12H2,1-5H3/t14?,15?,17?,20-/m1/s1. The first-order valence-corrected chi connectivity index (χ1v) is 9.69. The Bertz CT molecular complexity index is 719. The number of hydrogen-bond acceptors (Lipinski definition) is 6. The highest BCUT2D eigenvalue weighted by atomic mass is 16.7. The molecule has 6 heteroatoms. The van der Waals surface area contributed by atoms with Crippen LogP contribution in [0.2, 0.25) is 0 Å². The van der Waals surface area contributed by atoms with Gasteiger partial charge in [-0.3, -0.25) is 0 Å². The van der Waals surface area contributed by atoms with Gasteiger partial charge < -0.3 is 29.0 Å². The first kappa shape index (κ1) is 19.0. The minimum Gasteiger partial charge on any atom is -0.504 e. The van der Waals surface area contributed by atoms with E-state index in [0.29, 0.717) is 24.1 Å². The van der Waals surface area contributed by atoms with E-state index in [9.17, 15) is 5.11 Å². The molecular formula is C21H31NO5. The van der Waals surface area contributed by atoms with E-state index < -0.39 is 5.79 Å². The van der Waals surface area contributed by atoms with Crippen LogP contribution in [0.4, 0.5) is 0 Å². The summed E-state index contributed by atoms with van der Waals surface area (Å²) < 4.78 is 23.2. The number of fused-ring (bicyclic) bond motifs is 1. The fourth-order valence-electron chi connectivity index (χ4n) is 6.16. The Balaban J connectivity index is 1.93. The van der Waals surface area contributed by atoms with Gasteiger partial charge in [-0.25, -0.2) is 0 Å². The summed E-state index contributed by atoms with van der Waals surface area (Å²) in [4.78, 5) is 2.46. The van der Waals surface area contributed by atoms with Gasteiger partial charge in [0.05, 0.1) is 7.11 Å². The van der Waals surface area contributed by atoms with Crippen molar-refractivity contribution in [3.05, 3.63) is 23.3 Å². The van der Waals surface area contributed by atoms with Crippen LogP contribution in [-0.4, -0.2) is 70.0 Å². The summed E-state index contributed by atoms with van der Waals surface area (Å²) in [5, 5.41) is 11.1. The molecule has 1 saturated heterocycles. The van der Waals surface area contributed by atoms with Crippen LogP contribution < -0.4 is 4.74 Å². The topological polar surface area (TPSA) is 60.4 Å². The number of ether oxygens (including phenoxy) is 4. The Kier molecular flexibility index (Phi) is 4.66. The van der Waals surface area contributed by atoms with Gasteiger partial charge in [-0.15, -0.1) is 0 Å². The predicted molar refractivity (Wildman–Crippen MR) is 101 cm³/mol. The zero-order valence-corrected chi connectivity index (χ0v) is 16.9. The fourth-order valence-corrected chi connectivity index (χ4v) is 6.16. The average molecular weight is 377 g/mol. The molecule has 1 saturated carbocycles. The second kappa shape index (κ2) is 6.62. The third-order valence-electron chi connectivity index (χ3n) is 7.52. The largest absolute Gasteiger partial charge is 0.504 e. The molecule has 3 aliphatic rings. The lowest BCUT2D eigenvalue weighted by molar-refractivity contribution is -0.302. The summed E-state index contributed by atoms with van der Waals surface area (Å²) in [6.07, 6.45) is 3.23. The van der Waals surface area contributed by atoms with Gasteiger partial charge in [-0.1, -0.05) is 6.07 Å². The molecule has 0 radical (unpaired) electrons. The molecule has 2 bridgehead atoms. The van der Waals surface area contributed by atoms with E-state index in [1.54, 1.807) is 28.4 Å². The highest BCUT2D eigenvalue weighted by molar-refractivity contribution is 5.56. The average Bonchev–Trinajstić information content (AvgIpc) is 2.69. The zero-order chi connectivity index (χ0) is 19.4. The molecule has 0 spiro atoms. The molecule has 6 nitrogen and oxygen atoms in total. The van der Waals surface area contributed by atoms with Crippen LogP contribution in [0.1, 0.15) is 30.4 Å². The normalized spacial score (nSPS) is 34.6. The van der Waals surface area contributed by atoms with Crippen molar-refractivity contribution in [3.8, 4) is 11.5 Å². The van der Waals surface area contributed by atoms with Gasteiger partial charge >= 0.3 is 0 Å². The monoisotopic (exact) mass is 377 g/mol. The van der Waals surface area contributed by atoms with Crippen LogP contribution in [0.25, 0.3) is 0 Å². The van der Waals surface area contributed by atoms with E-state index in [2.05, 4.69) is 18.0 Å². The molecule has 4 rings (SSSR count). The van der Waals surface area contributed by atoms with Crippen molar-refractivity contribution in [2.24, 2.45) is 5.92 Å². The highest BCUT2D eigenvalue weighted by Crippen LogP contribution is 2.61. The van der Waals surface area contributed by atoms with Crippen LogP contribution in [0.15, 0.2) is 12.1 Å². The summed E-state index contributed by atoms with van der Waals surface area (Å²) >= 11 is 0. The number of piperidine rings is 1. The number of hydrogen-bond donors (Lipinski definition) is 1. The van der Waals surface area contributed by atoms with Crippen LogP contribution in [0.3, 0.4) is 0 Å². The molecule has 1 heterocycles. The van der Waals surface area contributed by atoms with Crippen molar-refractivity contribution in [2.75, 3.05) is 42.0 Å². The fraction of sp³-hybridized carbons (Fsp3) is 0.714. The minimum absolute atomic E-state index is 0.145. The van der Waals surface area contributed by atoms with Crippen LogP contribution in [-0.2, 0) is 26.0 Å². The molecular weight excluding hydrogens is 346 g/mol. The van der Waals surface area contributed by atoms with Gasteiger partial charge in [-0.2, -0.15) is 0 Å². The highest BCUT2D eigenvalue weighted by Gasteiger charge is 2.63. The van der Waals surface area contributed by atoms with E-state index in [1.807, 2.05) is 6.07 Å². The number of phenols is 1. The number of methoxy groups -OCH3 is 4. The summed E-state index contributed by atoms with van der Waals surface area (Å²) in [6.45, 7) is 0.985. The molecule has 3 unspecified atom stereocenters.